The van der Waals surface area contributed by atoms with Gasteiger partial charge in [0.2, 0.25) is 17.4 Å². The zero-order valence-electron chi connectivity index (χ0n) is 26.3. The average Bonchev–Trinajstić information content (AvgIpc) is 3.56. The maximum atomic E-state index is 2.61. The van der Waals surface area contributed by atoms with Gasteiger partial charge in [-0.05, 0) is 91.0 Å². The minimum atomic E-state index is 0.192. The summed E-state index contributed by atoms with van der Waals surface area (Å²) in [5.41, 5.74) is 16.0. The summed E-state index contributed by atoms with van der Waals surface area (Å²) in [4.78, 5) is 0. The van der Waals surface area contributed by atoms with Crippen LogP contribution in [0, 0.1) is 0 Å². The smallest absolute Gasteiger partial charge is 0.180 e. The molecule has 45 heavy (non-hydrogen) atoms. The van der Waals surface area contributed by atoms with E-state index in [1.54, 1.807) is 0 Å². The quantitative estimate of drug-likeness (QED) is 0.183. The Labute approximate surface area is 265 Å². The molecule has 0 atom stereocenters. The highest BCUT2D eigenvalue weighted by Gasteiger charge is 2.47. The molecule has 2 aliphatic heterocycles. The van der Waals surface area contributed by atoms with Crippen molar-refractivity contribution in [2.75, 3.05) is 0 Å². The van der Waals surface area contributed by atoms with Crippen LogP contribution >= 0.6 is 0 Å². The van der Waals surface area contributed by atoms with Crippen LogP contribution in [0.25, 0.3) is 66.3 Å². The third kappa shape index (κ3) is 4.03. The van der Waals surface area contributed by atoms with Crippen LogP contribution in [0.3, 0.4) is 0 Å². The van der Waals surface area contributed by atoms with E-state index in [-0.39, 0.29) is 6.04 Å². The summed E-state index contributed by atoms with van der Waals surface area (Å²) in [5.74, 6) is 1.01. The highest BCUT2D eigenvalue weighted by Crippen LogP contribution is 2.50. The van der Waals surface area contributed by atoms with Gasteiger partial charge in [-0.1, -0.05) is 119 Å². The lowest BCUT2D eigenvalue weighted by molar-refractivity contribution is -0.672. The van der Waals surface area contributed by atoms with Crippen molar-refractivity contribution < 1.29 is 4.57 Å². The first kappa shape index (κ1) is 26.4. The fourth-order valence-corrected chi connectivity index (χ4v) is 7.68. The second-order valence-electron chi connectivity index (χ2n) is 13.6. The Balaban J connectivity index is 1.28. The van der Waals surface area contributed by atoms with E-state index in [9.17, 15) is 0 Å². The fourth-order valence-electron chi connectivity index (χ4n) is 7.68. The van der Waals surface area contributed by atoms with Crippen molar-refractivity contribution in [3.63, 3.8) is 0 Å². The molecule has 7 aromatic rings. The van der Waals surface area contributed by atoms with Gasteiger partial charge in [-0.2, -0.15) is 4.57 Å². The Morgan fingerprint density at radius 2 is 0.889 bits per heavy atom. The van der Waals surface area contributed by atoms with Crippen LogP contribution in [0.2, 0.25) is 0 Å². The number of pyridine rings is 1. The largest absolute Gasteiger partial charge is 0.215 e. The molecule has 0 amide bonds. The highest BCUT2D eigenvalue weighted by molar-refractivity contribution is 5.95. The first-order valence-electron chi connectivity index (χ1n) is 16.3. The van der Waals surface area contributed by atoms with Crippen LogP contribution < -0.4 is 4.57 Å². The first-order valence-corrected chi connectivity index (χ1v) is 16.3. The summed E-state index contributed by atoms with van der Waals surface area (Å²) in [6.45, 7) is 9.12. The second-order valence-corrected chi connectivity index (χ2v) is 13.6. The molecule has 6 aromatic carbocycles. The number of aromatic nitrogens is 1. The minimum Gasteiger partial charge on any atom is -0.180 e. The molecule has 1 heteroatoms. The van der Waals surface area contributed by atoms with Gasteiger partial charge >= 0.3 is 0 Å². The van der Waals surface area contributed by atoms with E-state index in [0.29, 0.717) is 11.8 Å². The van der Waals surface area contributed by atoms with Crippen LogP contribution in [0.15, 0.2) is 127 Å². The predicted molar refractivity (Wildman–Crippen MR) is 189 cm³/mol. The number of hydrogen-bond acceptors (Lipinski definition) is 0. The molecule has 0 N–H and O–H groups in total. The van der Waals surface area contributed by atoms with Gasteiger partial charge in [0.05, 0.1) is 11.1 Å². The molecule has 0 bridgehead atoms. The summed E-state index contributed by atoms with van der Waals surface area (Å²) < 4.78 is 2.61. The Hall–Kier alpha value is -5.01. The number of rotatable bonds is 4. The molecule has 0 unspecified atom stereocenters. The SMILES string of the molecule is CC(C)c1ccc2cc3c(cc2c1)-c1cc(-c2ccc(-c4ccccc4)cc2)cc2[n+]1C3c1cc3ccc(C(C)C)cc3cc1-2. The lowest BCUT2D eigenvalue weighted by Gasteiger charge is -2.11. The predicted octanol–water partition coefficient (Wildman–Crippen LogP) is 11.5. The molecule has 0 saturated heterocycles. The molecule has 0 radical (unpaired) electrons. The van der Waals surface area contributed by atoms with Crippen molar-refractivity contribution in [1.82, 2.24) is 0 Å². The summed E-state index contributed by atoms with van der Waals surface area (Å²) in [7, 11) is 0. The van der Waals surface area contributed by atoms with Gasteiger partial charge in [0.15, 0.2) is 0 Å². The van der Waals surface area contributed by atoms with Crippen LogP contribution in [0.1, 0.15) is 67.8 Å². The van der Waals surface area contributed by atoms with E-state index < -0.39 is 0 Å². The van der Waals surface area contributed by atoms with Crippen LogP contribution in [0.4, 0.5) is 0 Å². The van der Waals surface area contributed by atoms with Crippen molar-refractivity contribution in [1.29, 1.82) is 0 Å². The molecule has 0 aliphatic carbocycles. The van der Waals surface area contributed by atoms with E-state index in [0.717, 1.165) is 0 Å². The maximum absolute atomic E-state index is 2.61. The van der Waals surface area contributed by atoms with Gasteiger partial charge in [0, 0.05) is 23.3 Å². The van der Waals surface area contributed by atoms with E-state index in [2.05, 4.69) is 160 Å². The monoisotopic (exact) mass is 578 g/mol. The van der Waals surface area contributed by atoms with Gasteiger partial charge in [0.1, 0.15) is 0 Å². The molecule has 9 rings (SSSR count). The number of fused-ring (bicyclic) bond motifs is 8. The Kier molecular flexibility index (Phi) is 5.72. The molecule has 1 aromatic heterocycles. The zero-order chi connectivity index (χ0) is 30.4. The molecule has 0 spiro atoms. The summed E-state index contributed by atoms with van der Waals surface area (Å²) in [5, 5.41) is 5.29. The third-order valence-electron chi connectivity index (χ3n) is 10.2. The summed E-state index contributed by atoms with van der Waals surface area (Å²) >= 11 is 0. The number of nitrogens with zero attached hydrogens (tertiary/aromatic N) is 1. The van der Waals surface area contributed by atoms with Crippen LogP contribution in [-0.4, -0.2) is 0 Å². The highest BCUT2D eigenvalue weighted by atomic mass is 15.1. The number of benzene rings is 6. The zero-order valence-corrected chi connectivity index (χ0v) is 26.3. The van der Waals surface area contributed by atoms with Crippen molar-refractivity contribution in [3.8, 4) is 44.8 Å². The van der Waals surface area contributed by atoms with Crippen LogP contribution in [0.5, 0.6) is 0 Å². The van der Waals surface area contributed by atoms with E-state index in [1.165, 1.54) is 88.6 Å². The van der Waals surface area contributed by atoms with Crippen molar-refractivity contribution in [2.45, 2.75) is 45.6 Å². The van der Waals surface area contributed by atoms with Gasteiger partial charge in [-0.3, -0.25) is 0 Å². The van der Waals surface area contributed by atoms with Gasteiger partial charge in [-0.15, -0.1) is 0 Å². The molecular formula is C44H36N+. The fraction of sp³-hybridized carbons (Fsp3) is 0.159. The molecular weight excluding hydrogens is 542 g/mol. The van der Waals surface area contributed by atoms with Gasteiger partial charge < -0.3 is 0 Å². The second kappa shape index (κ2) is 9.74. The number of hydrogen-bond donors (Lipinski definition) is 0. The van der Waals surface area contributed by atoms with Crippen molar-refractivity contribution in [2.24, 2.45) is 0 Å². The van der Waals surface area contributed by atoms with E-state index in [1.807, 2.05) is 0 Å². The van der Waals surface area contributed by atoms with Crippen molar-refractivity contribution in [3.05, 3.63) is 150 Å². The molecule has 1 nitrogen and oxygen atoms in total. The summed E-state index contributed by atoms with van der Waals surface area (Å²) in [6.07, 6.45) is 0. The standard InChI is InChI=1S/C44H36N/c1-26(2)31-14-16-33-20-40-38(22-35(33)18-31)42-24-37(30-12-10-29(11-13-30)28-8-6-5-7-9-28)25-43-39-23-36-19-32(27(3)4)15-17-34(36)21-41(39)44(40)45(42)43/h5-27,44H,1-4H3/q+1. The Bertz CT molecular complexity index is 2190. The van der Waals surface area contributed by atoms with Crippen molar-refractivity contribution >= 4 is 21.5 Å². The van der Waals surface area contributed by atoms with E-state index in [4.69, 9.17) is 0 Å². The van der Waals surface area contributed by atoms with Crippen LogP contribution in [-0.2, 0) is 0 Å². The maximum Gasteiger partial charge on any atom is 0.215 e. The molecule has 216 valence electrons. The lowest BCUT2D eigenvalue weighted by Crippen LogP contribution is -2.36. The first-order chi connectivity index (χ1) is 21.9. The third-order valence-corrected chi connectivity index (χ3v) is 10.2. The Morgan fingerprint density at radius 3 is 1.38 bits per heavy atom. The molecule has 0 saturated carbocycles. The van der Waals surface area contributed by atoms with Gasteiger partial charge in [0.25, 0.3) is 0 Å². The molecule has 3 heterocycles. The summed E-state index contributed by atoms with van der Waals surface area (Å²) in [6, 6.07) is 48.7. The van der Waals surface area contributed by atoms with E-state index >= 15 is 0 Å². The minimum absolute atomic E-state index is 0.192. The molecule has 0 fully saturated rings. The topological polar surface area (TPSA) is 3.88 Å². The van der Waals surface area contributed by atoms with Gasteiger partial charge in [-0.25, -0.2) is 0 Å². The average molecular weight is 579 g/mol. The Morgan fingerprint density at radius 1 is 0.422 bits per heavy atom. The molecule has 2 aliphatic rings. The lowest BCUT2D eigenvalue weighted by atomic mass is 9.88. The normalized spacial score (nSPS) is 13.2.